The minimum atomic E-state index is -0.727. The van der Waals surface area contributed by atoms with Crippen molar-refractivity contribution in [3.05, 3.63) is 43.0 Å². The SMILES string of the molecule is Cc1cn([C@H]2C[C@H](N=[N+]=[N-])[C@@H](CO)O2)c(=O)n(CCCO)c1=O. The summed E-state index contributed by atoms with van der Waals surface area (Å²) in [6.07, 6.45) is 0.491. The quantitative estimate of drug-likeness (QED) is 0.418. The summed E-state index contributed by atoms with van der Waals surface area (Å²) in [5.41, 5.74) is 7.94. The van der Waals surface area contributed by atoms with Crippen LogP contribution in [0.4, 0.5) is 0 Å². The standard InChI is InChI=1S/C13H19N5O5/c1-8-6-18(13(22)17(12(8)21)3-2-4-19)11-5-9(15-16-14)10(7-20)23-11/h6,9-11,19-20H,2-5,7H2,1H3/t9-,10+,11+/m0/s1. The lowest BCUT2D eigenvalue weighted by atomic mass is 10.1. The first-order chi connectivity index (χ1) is 11.0. The van der Waals surface area contributed by atoms with E-state index in [9.17, 15) is 14.7 Å². The Bertz CT molecular complexity index is 720. The number of hydrogen-bond acceptors (Lipinski definition) is 6. The van der Waals surface area contributed by atoms with Crippen LogP contribution in [0.1, 0.15) is 24.6 Å². The molecule has 0 amide bonds. The Balaban J connectivity index is 2.40. The van der Waals surface area contributed by atoms with Gasteiger partial charge in [0.15, 0.2) is 0 Å². The molecule has 10 nitrogen and oxygen atoms in total. The molecule has 1 aliphatic rings. The van der Waals surface area contributed by atoms with Gasteiger partial charge in [-0.2, -0.15) is 0 Å². The van der Waals surface area contributed by atoms with E-state index in [1.807, 2.05) is 0 Å². The van der Waals surface area contributed by atoms with Crippen LogP contribution < -0.4 is 11.2 Å². The van der Waals surface area contributed by atoms with Crippen LogP contribution in [-0.2, 0) is 11.3 Å². The van der Waals surface area contributed by atoms with E-state index in [0.717, 1.165) is 4.57 Å². The summed E-state index contributed by atoms with van der Waals surface area (Å²) in [4.78, 5) is 27.3. The third-order valence-electron chi connectivity index (χ3n) is 3.80. The Morgan fingerprint density at radius 2 is 2.22 bits per heavy atom. The first-order valence-electron chi connectivity index (χ1n) is 7.27. The minimum absolute atomic E-state index is 0.103. The molecule has 3 atom stereocenters. The first-order valence-corrected chi connectivity index (χ1v) is 7.27. The Hall–Kier alpha value is -2.13. The molecular formula is C13H19N5O5. The van der Waals surface area contributed by atoms with Crippen molar-refractivity contribution in [2.24, 2.45) is 5.11 Å². The monoisotopic (exact) mass is 325 g/mol. The van der Waals surface area contributed by atoms with Crippen molar-refractivity contribution in [2.75, 3.05) is 13.2 Å². The molecule has 10 heteroatoms. The van der Waals surface area contributed by atoms with E-state index >= 15 is 0 Å². The predicted molar refractivity (Wildman–Crippen MR) is 79.9 cm³/mol. The van der Waals surface area contributed by atoms with Crippen molar-refractivity contribution in [1.29, 1.82) is 0 Å². The number of aryl methyl sites for hydroxylation is 1. The van der Waals surface area contributed by atoms with E-state index in [-0.39, 0.29) is 32.6 Å². The van der Waals surface area contributed by atoms with E-state index in [1.165, 1.54) is 10.8 Å². The van der Waals surface area contributed by atoms with Gasteiger partial charge in [0, 0.05) is 36.2 Å². The zero-order valence-electron chi connectivity index (χ0n) is 12.7. The molecule has 0 aromatic carbocycles. The van der Waals surface area contributed by atoms with Crippen LogP contribution in [0.5, 0.6) is 0 Å². The molecule has 1 saturated heterocycles. The number of ether oxygens (including phenoxy) is 1. The molecule has 2 rings (SSSR count). The van der Waals surface area contributed by atoms with Crippen LogP contribution in [0.3, 0.4) is 0 Å². The number of rotatable bonds is 6. The van der Waals surface area contributed by atoms with Crippen LogP contribution in [-0.4, -0.2) is 44.7 Å². The largest absolute Gasteiger partial charge is 0.396 e. The fourth-order valence-electron chi connectivity index (χ4n) is 2.63. The second kappa shape index (κ2) is 7.42. The van der Waals surface area contributed by atoms with Crippen LogP contribution in [0, 0.1) is 6.92 Å². The van der Waals surface area contributed by atoms with Gasteiger partial charge in [-0.1, -0.05) is 5.11 Å². The van der Waals surface area contributed by atoms with Crippen molar-refractivity contribution < 1.29 is 14.9 Å². The maximum absolute atomic E-state index is 12.5. The molecule has 1 aliphatic heterocycles. The highest BCUT2D eigenvalue weighted by molar-refractivity contribution is 5.04. The number of hydrogen-bond donors (Lipinski definition) is 2. The number of nitrogens with zero attached hydrogens (tertiary/aromatic N) is 5. The summed E-state index contributed by atoms with van der Waals surface area (Å²) in [5.74, 6) is 0. The Morgan fingerprint density at radius 1 is 1.48 bits per heavy atom. The Morgan fingerprint density at radius 3 is 2.83 bits per heavy atom. The number of aromatic nitrogens is 2. The summed E-state index contributed by atoms with van der Waals surface area (Å²) in [7, 11) is 0. The van der Waals surface area contributed by atoms with Gasteiger partial charge < -0.3 is 14.9 Å². The van der Waals surface area contributed by atoms with E-state index < -0.39 is 29.6 Å². The molecule has 0 aliphatic carbocycles. The van der Waals surface area contributed by atoms with Crippen LogP contribution in [0.2, 0.25) is 0 Å². The predicted octanol–water partition coefficient (Wildman–Crippen LogP) is -0.340. The molecule has 0 unspecified atom stereocenters. The summed E-state index contributed by atoms with van der Waals surface area (Å²) >= 11 is 0. The maximum atomic E-state index is 12.5. The topological polar surface area (TPSA) is 142 Å². The van der Waals surface area contributed by atoms with Gasteiger partial charge in [-0.3, -0.25) is 13.9 Å². The lowest BCUT2D eigenvalue weighted by Crippen LogP contribution is -2.42. The summed E-state index contributed by atoms with van der Waals surface area (Å²) < 4.78 is 7.89. The van der Waals surface area contributed by atoms with E-state index in [2.05, 4.69) is 10.0 Å². The van der Waals surface area contributed by atoms with Crippen molar-refractivity contribution in [3.63, 3.8) is 0 Å². The van der Waals surface area contributed by atoms with Crippen LogP contribution in [0.15, 0.2) is 20.9 Å². The average Bonchev–Trinajstić information content (AvgIpc) is 2.94. The van der Waals surface area contributed by atoms with Crippen molar-refractivity contribution in [2.45, 2.75) is 44.7 Å². The third-order valence-corrected chi connectivity index (χ3v) is 3.80. The molecule has 1 aromatic heterocycles. The highest BCUT2D eigenvalue weighted by atomic mass is 16.5. The van der Waals surface area contributed by atoms with Gasteiger partial charge in [0.25, 0.3) is 5.56 Å². The molecule has 2 heterocycles. The molecule has 0 bridgehead atoms. The number of aliphatic hydroxyl groups excluding tert-OH is 2. The maximum Gasteiger partial charge on any atom is 0.333 e. The fourth-order valence-corrected chi connectivity index (χ4v) is 2.63. The summed E-state index contributed by atoms with van der Waals surface area (Å²) in [6.45, 7) is 1.21. The van der Waals surface area contributed by atoms with Gasteiger partial charge in [-0.25, -0.2) is 4.79 Å². The molecule has 0 radical (unpaired) electrons. The second-order valence-corrected chi connectivity index (χ2v) is 5.36. The van der Waals surface area contributed by atoms with Gasteiger partial charge in [-0.05, 0) is 18.9 Å². The van der Waals surface area contributed by atoms with Crippen LogP contribution >= 0.6 is 0 Å². The number of azide groups is 1. The van der Waals surface area contributed by atoms with Gasteiger partial charge in [0.05, 0.1) is 18.8 Å². The Labute approximate surface area is 131 Å². The lowest BCUT2D eigenvalue weighted by molar-refractivity contribution is -0.0277. The minimum Gasteiger partial charge on any atom is -0.396 e. The highest BCUT2D eigenvalue weighted by Crippen LogP contribution is 2.29. The van der Waals surface area contributed by atoms with Gasteiger partial charge in [-0.15, -0.1) is 0 Å². The van der Waals surface area contributed by atoms with E-state index in [4.69, 9.17) is 15.4 Å². The molecule has 0 saturated carbocycles. The molecule has 2 N–H and O–H groups in total. The van der Waals surface area contributed by atoms with Crippen molar-refractivity contribution >= 4 is 0 Å². The summed E-state index contributed by atoms with van der Waals surface area (Å²) in [5, 5.41) is 21.8. The average molecular weight is 325 g/mol. The third kappa shape index (κ3) is 3.45. The number of aliphatic hydroxyl groups is 2. The zero-order chi connectivity index (χ0) is 17.0. The molecule has 1 fully saturated rings. The van der Waals surface area contributed by atoms with Crippen molar-refractivity contribution in [3.8, 4) is 0 Å². The first kappa shape index (κ1) is 17.2. The van der Waals surface area contributed by atoms with Crippen LogP contribution in [0.25, 0.3) is 10.4 Å². The molecule has 23 heavy (non-hydrogen) atoms. The van der Waals surface area contributed by atoms with Gasteiger partial charge in [0.2, 0.25) is 0 Å². The molecule has 126 valence electrons. The van der Waals surface area contributed by atoms with Gasteiger partial charge in [0.1, 0.15) is 6.23 Å². The fraction of sp³-hybridized carbons (Fsp3) is 0.692. The molecular weight excluding hydrogens is 306 g/mol. The molecule has 0 spiro atoms. The normalized spacial score (nSPS) is 23.7. The second-order valence-electron chi connectivity index (χ2n) is 5.36. The highest BCUT2D eigenvalue weighted by Gasteiger charge is 2.36. The van der Waals surface area contributed by atoms with E-state index in [1.54, 1.807) is 6.92 Å². The zero-order valence-corrected chi connectivity index (χ0v) is 12.7. The Kier molecular flexibility index (Phi) is 5.56. The molecule has 1 aromatic rings. The lowest BCUT2D eigenvalue weighted by Gasteiger charge is -2.17. The van der Waals surface area contributed by atoms with Crippen molar-refractivity contribution in [1.82, 2.24) is 9.13 Å². The van der Waals surface area contributed by atoms with E-state index in [0.29, 0.717) is 5.56 Å². The smallest absolute Gasteiger partial charge is 0.333 e. The van der Waals surface area contributed by atoms with Gasteiger partial charge >= 0.3 is 5.69 Å². The summed E-state index contributed by atoms with van der Waals surface area (Å²) in [6, 6.07) is -0.583.